The van der Waals surface area contributed by atoms with Crippen LogP contribution < -0.4 is 4.72 Å². The lowest BCUT2D eigenvalue weighted by Gasteiger charge is -2.09. The molecule has 0 atom stereocenters. The van der Waals surface area contributed by atoms with Crippen molar-refractivity contribution in [3.05, 3.63) is 58.4 Å². The van der Waals surface area contributed by atoms with Crippen molar-refractivity contribution in [1.82, 2.24) is 9.71 Å². The summed E-state index contributed by atoms with van der Waals surface area (Å²) < 4.78 is 26.9. The Bertz CT molecular complexity index is 813. The van der Waals surface area contributed by atoms with Crippen LogP contribution in [0.25, 0.3) is 0 Å². The van der Waals surface area contributed by atoms with Gasteiger partial charge in [-0.3, -0.25) is 4.98 Å². The Morgan fingerprint density at radius 3 is 2.76 bits per heavy atom. The highest BCUT2D eigenvalue weighted by Gasteiger charge is 2.16. The highest BCUT2D eigenvalue weighted by atomic mass is 35.5. The van der Waals surface area contributed by atoms with Crippen LogP contribution in [-0.4, -0.2) is 13.4 Å². The number of aryl methyl sites for hydroxylation is 1. The Kier molecular flexibility index (Phi) is 4.58. The molecular weight excluding hydrogens is 310 g/mol. The summed E-state index contributed by atoms with van der Waals surface area (Å²) in [6, 6.07) is 7.69. The van der Waals surface area contributed by atoms with Gasteiger partial charge in [0.15, 0.2) is 0 Å². The average molecular weight is 322 g/mol. The van der Waals surface area contributed by atoms with Crippen molar-refractivity contribution >= 4 is 21.6 Å². The molecule has 1 aromatic heterocycles. The fraction of sp³-hybridized carbons (Fsp3) is 0.143. The molecule has 1 N–H and O–H groups in total. The van der Waals surface area contributed by atoms with Gasteiger partial charge in [-0.1, -0.05) is 11.6 Å². The topological polar surface area (TPSA) is 82.8 Å². The molecule has 0 aliphatic rings. The minimum Gasteiger partial charge on any atom is -0.264 e. The quantitative estimate of drug-likeness (QED) is 0.937. The van der Waals surface area contributed by atoms with Gasteiger partial charge in [-0.15, -0.1) is 0 Å². The lowest BCUT2D eigenvalue weighted by molar-refractivity contribution is 0.581. The van der Waals surface area contributed by atoms with Gasteiger partial charge in [0, 0.05) is 18.9 Å². The third-order valence-corrected chi connectivity index (χ3v) is 4.68. The van der Waals surface area contributed by atoms with Crippen LogP contribution in [0.2, 0.25) is 5.02 Å². The predicted molar refractivity (Wildman–Crippen MR) is 79.2 cm³/mol. The SMILES string of the molecule is Cc1ccncc1CNS(=O)(=O)c1ccc(C#N)c(Cl)c1. The Hall–Kier alpha value is -1.94. The Morgan fingerprint density at radius 1 is 1.38 bits per heavy atom. The summed E-state index contributed by atoms with van der Waals surface area (Å²) in [5, 5.41) is 8.90. The van der Waals surface area contributed by atoms with E-state index in [9.17, 15) is 8.42 Å². The zero-order valence-electron chi connectivity index (χ0n) is 11.2. The molecule has 0 radical (unpaired) electrons. The summed E-state index contributed by atoms with van der Waals surface area (Å²) in [6.07, 6.45) is 3.26. The van der Waals surface area contributed by atoms with Gasteiger partial charge in [-0.25, -0.2) is 13.1 Å². The number of sulfonamides is 1. The summed E-state index contributed by atoms with van der Waals surface area (Å²) >= 11 is 5.85. The molecule has 0 spiro atoms. The molecule has 0 bridgehead atoms. The lowest BCUT2D eigenvalue weighted by atomic mass is 10.2. The van der Waals surface area contributed by atoms with Crippen molar-refractivity contribution in [3.63, 3.8) is 0 Å². The molecule has 7 heteroatoms. The minimum atomic E-state index is -3.69. The zero-order valence-corrected chi connectivity index (χ0v) is 12.7. The van der Waals surface area contributed by atoms with Crippen molar-refractivity contribution in [2.24, 2.45) is 0 Å². The first kappa shape index (κ1) is 15.4. The van der Waals surface area contributed by atoms with Gasteiger partial charge in [-0.2, -0.15) is 5.26 Å². The number of rotatable bonds is 4. The average Bonchev–Trinajstić information content (AvgIpc) is 2.46. The number of halogens is 1. The van der Waals surface area contributed by atoms with E-state index in [1.807, 2.05) is 19.1 Å². The summed E-state index contributed by atoms with van der Waals surface area (Å²) in [5.74, 6) is 0. The fourth-order valence-corrected chi connectivity index (χ4v) is 3.01. The summed E-state index contributed by atoms with van der Waals surface area (Å²) in [4.78, 5) is 3.99. The molecule has 2 rings (SSSR count). The number of benzene rings is 1. The van der Waals surface area contributed by atoms with Crippen molar-refractivity contribution in [2.75, 3.05) is 0 Å². The monoisotopic (exact) mass is 321 g/mol. The van der Waals surface area contributed by atoms with E-state index in [1.54, 1.807) is 12.4 Å². The maximum absolute atomic E-state index is 12.2. The molecule has 2 aromatic rings. The van der Waals surface area contributed by atoms with Crippen LogP contribution in [0.3, 0.4) is 0 Å². The van der Waals surface area contributed by atoms with E-state index in [4.69, 9.17) is 16.9 Å². The molecule has 0 aliphatic carbocycles. The largest absolute Gasteiger partial charge is 0.264 e. The van der Waals surface area contributed by atoms with Crippen LogP contribution in [0.15, 0.2) is 41.6 Å². The Morgan fingerprint density at radius 2 is 2.14 bits per heavy atom. The van der Waals surface area contributed by atoms with E-state index >= 15 is 0 Å². The van der Waals surface area contributed by atoms with Gasteiger partial charge < -0.3 is 0 Å². The van der Waals surface area contributed by atoms with E-state index < -0.39 is 10.0 Å². The van der Waals surface area contributed by atoms with E-state index in [-0.39, 0.29) is 22.0 Å². The van der Waals surface area contributed by atoms with Gasteiger partial charge in [-0.05, 0) is 42.3 Å². The van der Waals surface area contributed by atoms with Crippen LogP contribution in [0.1, 0.15) is 16.7 Å². The molecular formula is C14H12ClN3O2S. The second-order valence-corrected chi connectivity index (χ2v) is 6.55. The van der Waals surface area contributed by atoms with Crippen molar-refractivity contribution < 1.29 is 8.42 Å². The van der Waals surface area contributed by atoms with Gasteiger partial charge in [0.2, 0.25) is 10.0 Å². The molecule has 1 heterocycles. The Balaban J connectivity index is 2.21. The molecule has 1 aromatic carbocycles. The molecule has 0 aliphatic heterocycles. The maximum Gasteiger partial charge on any atom is 0.240 e. The van der Waals surface area contributed by atoms with E-state index in [1.165, 1.54) is 18.2 Å². The molecule has 0 saturated carbocycles. The number of hydrogen-bond acceptors (Lipinski definition) is 4. The maximum atomic E-state index is 12.2. The predicted octanol–water partition coefficient (Wildman–Crippen LogP) is 2.39. The smallest absolute Gasteiger partial charge is 0.240 e. The number of hydrogen-bond donors (Lipinski definition) is 1. The summed E-state index contributed by atoms with van der Waals surface area (Å²) in [7, 11) is -3.69. The van der Waals surface area contributed by atoms with Crippen LogP contribution in [0.4, 0.5) is 0 Å². The first-order valence-corrected chi connectivity index (χ1v) is 7.89. The van der Waals surface area contributed by atoms with E-state index in [2.05, 4.69) is 9.71 Å². The number of nitrogens with zero attached hydrogens (tertiary/aromatic N) is 2. The second kappa shape index (κ2) is 6.22. The molecule has 0 fully saturated rings. The van der Waals surface area contributed by atoms with E-state index in [0.717, 1.165) is 11.1 Å². The summed E-state index contributed by atoms with van der Waals surface area (Å²) in [6.45, 7) is 2.02. The van der Waals surface area contributed by atoms with Crippen LogP contribution in [0, 0.1) is 18.3 Å². The molecule has 108 valence electrons. The molecule has 0 unspecified atom stereocenters. The van der Waals surface area contributed by atoms with E-state index in [0.29, 0.717) is 0 Å². The van der Waals surface area contributed by atoms with Gasteiger partial charge in [0.25, 0.3) is 0 Å². The van der Waals surface area contributed by atoms with Crippen LogP contribution >= 0.6 is 11.6 Å². The highest BCUT2D eigenvalue weighted by Crippen LogP contribution is 2.20. The third-order valence-electron chi connectivity index (χ3n) is 2.97. The van der Waals surface area contributed by atoms with Crippen LogP contribution in [0.5, 0.6) is 0 Å². The first-order chi connectivity index (χ1) is 9.94. The van der Waals surface area contributed by atoms with Gasteiger partial charge in [0.1, 0.15) is 6.07 Å². The molecule has 0 saturated heterocycles. The number of aromatic nitrogens is 1. The van der Waals surface area contributed by atoms with Gasteiger partial charge >= 0.3 is 0 Å². The zero-order chi connectivity index (χ0) is 15.5. The number of pyridine rings is 1. The third kappa shape index (κ3) is 3.58. The van der Waals surface area contributed by atoms with Crippen molar-refractivity contribution in [2.45, 2.75) is 18.4 Å². The minimum absolute atomic E-state index is 0.0213. The highest BCUT2D eigenvalue weighted by molar-refractivity contribution is 7.89. The van der Waals surface area contributed by atoms with Crippen molar-refractivity contribution in [1.29, 1.82) is 5.26 Å². The fourth-order valence-electron chi connectivity index (χ4n) is 1.69. The molecule has 0 amide bonds. The summed E-state index contributed by atoms with van der Waals surface area (Å²) in [5.41, 5.74) is 1.98. The normalized spacial score (nSPS) is 11.1. The Labute approximate surface area is 128 Å². The van der Waals surface area contributed by atoms with Crippen LogP contribution in [-0.2, 0) is 16.6 Å². The van der Waals surface area contributed by atoms with Gasteiger partial charge in [0.05, 0.1) is 15.5 Å². The number of nitriles is 1. The molecule has 21 heavy (non-hydrogen) atoms. The number of nitrogens with one attached hydrogen (secondary N) is 1. The molecule has 5 nitrogen and oxygen atoms in total. The lowest BCUT2D eigenvalue weighted by Crippen LogP contribution is -2.23. The van der Waals surface area contributed by atoms with Crippen molar-refractivity contribution in [3.8, 4) is 6.07 Å². The second-order valence-electron chi connectivity index (χ2n) is 4.38. The first-order valence-electron chi connectivity index (χ1n) is 6.03. The standard InChI is InChI=1S/C14H12ClN3O2S/c1-10-4-5-17-8-12(10)9-18-21(19,20)13-3-2-11(7-16)14(15)6-13/h2-6,8,18H,9H2,1H3.